The van der Waals surface area contributed by atoms with E-state index in [1.165, 1.54) is 16.8 Å². The van der Waals surface area contributed by atoms with Crippen LogP contribution in [0.25, 0.3) is 5.52 Å². The molecule has 0 unspecified atom stereocenters. The van der Waals surface area contributed by atoms with Crippen LogP contribution in [0.4, 0.5) is 0 Å². The predicted molar refractivity (Wildman–Crippen MR) is 59.5 cm³/mol. The van der Waals surface area contributed by atoms with Crippen LogP contribution in [-0.4, -0.2) is 10.9 Å². The molecule has 2 heterocycles. The van der Waals surface area contributed by atoms with Crippen LogP contribution in [0.15, 0.2) is 30.5 Å². The Hall–Kier alpha value is -1.28. The van der Waals surface area contributed by atoms with Gasteiger partial charge >= 0.3 is 0 Å². The first-order chi connectivity index (χ1) is 6.83. The second-order valence-corrected chi connectivity index (χ2v) is 3.55. The van der Waals surface area contributed by atoms with Gasteiger partial charge in [-0.1, -0.05) is 13.0 Å². The van der Waals surface area contributed by atoms with Gasteiger partial charge in [0.05, 0.1) is 0 Å². The maximum absolute atomic E-state index is 3.36. The minimum absolute atomic E-state index is 0.945. The highest BCUT2D eigenvalue weighted by Gasteiger charge is 2.04. The molecule has 0 aliphatic heterocycles. The van der Waals surface area contributed by atoms with E-state index in [1.54, 1.807) is 0 Å². The molecule has 0 aromatic carbocycles. The van der Waals surface area contributed by atoms with Crippen LogP contribution in [0.2, 0.25) is 0 Å². The molecule has 1 N–H and O–H groups in total. The Morgan fingerprint density at radius 2 is 2.21 bits per heavy atom. The molecule has 2 nitrogen and oxygen atoms in total. The summed E-state index contributed by atoms with van der Waals surface area (Å²) in [6.45, 7) is 6.25. The molecule has 0 aliphatic carbocycles. The molecule has 0 aliphatic rings. The number of rotatable bonds is 3. The SMILES string of the molecule is CCNCc1c(C)cc2ccccn12. The zero-order valence-corrected chi connectivity index (χ0v) is 8.75. The van der Waals surface area contributed by atoms with Crippen molar-refractivity contribution < 1.29 is 0 Å². The average Bonchev–Trinajstić information content (AvgIpc) is 2.51. The van der Waals surface area contributed by atoms with Gasteiger partial charge in [0.2, 0.25) is 0 Å². The number of nitrogens with zero attached hydrogens (tertiary/aromatic N) is 1. The Balaban J connectivity index is 2.45. The van der Waals surface area contributed by atoms with Crippen LogP contribution in [0.1, 0.15) is 18.2 Å². The van der Waals surface area contributed by atoms with Gasteiger partial charge < -0.3 is 9.72 Å². The summed E-state index contributed by atoms with van der Waals surface area (Å²) < 4.78 is 2.25. The Morgan fingerprint density at radius 1 is 1.36 bits per heavy atom. The third-order valence-corrected chi connectivity index (χ3v) is 2.54. The normalized spacial score (nSPS) is 11.0. The van der Waals surface area contributed by atoms with Crippen molar-refractivity contribution in [3.63, 3.8) is 0 Å². The quantitative estimate of drug-likeness (QED) is 0.782. The molecule has 2 rings (SSSR count). The van der Waals surface area contributed by atoms with Gasteiger partial charge in [0.1, 0.15) is 0 Å². The summed E-state index contributed by atoms with van der Waals surface area (Å²) in [5.74, 6) is 0. The first-order valence-electron chi connectivity index (χ1n) is 5.09. The van der Waals surface area contributed by atoms with E-state index in [0.29, 0.717) is 0 Å². The summed E-state index contributed by atoms with van der Waals surface area (Å²) in [5.41, 5.74) is 4.00. The molecule has 0 saturated heterocycles. The summed E-state index contributed by atoms with van der Waals surface area (Å²) in [5, 5.41) is 3.36. The first kappa shape index (κ1) is 9.28. The summed E-state index contributed by atoms with van der Waals surface area (Å²) in [7, 11) is 0. The largest absolute Gasteiger partial charge is 0.319 e. The van der Waals surface area contributed by atoms with Gasteiger partial charge in [0.15, 0.2) is 0 Å². The van der Waals surface area contributed by atoms with Crippen LogP contribution < -0.4 is 5.32 Å². The summed E-state index contributed by atoms with van der Waals surface area (Å²) in [6.07, 6.45) is 2.12. The zero-order valence-electron chi connectivity index (χ0n) is 8.75. The van der Waals surface area contributed by atoms with Crippen molar-refractivity contribution in [1.29, 1.82) is 0 Å². The number of fused-ring (bicyclic) bond motifs is 1. The molecule has 0 radical (unpaired) electrons. The Morgan fingerprint density at radius 3 is 3.00 bits per heavy atom. The monoisotopic (exact) mass is 188 g/mol. The van der Waals surface area contributed by atoms with E-state index in [1.807, 2.05) is 0 Å². The summed E-state index contributed by atoms with van der Waals surface area (Å²) in [6, 6.07) is 8.52. The highest BCUT2D eigenvalue weighted by molar-refractivity contribution is 5.53. The maximum Gasteiger partial charge on any atom is 0.0456 e. The highest BCUT2D eigenvalue weighted by Crippen LogP contribution is 2.15. The van der Waals surface area contributed by atoms with Crippen LogP contribution in [0, 0.1) is 6.92 Å². The van der Waals surface area contributed by atoms with E-state index in [-0.39, 0.29) is 0 Å². The third kappa shape index (κ3) is 1.53. The van der Waals surface area contributed by atoms with Gasteiger partial charge in [-0.3, -0.25) is 0 Å². The standard InChI is InChI=1S/C12H16N2/c1-3-13-9-12-10(2)8-11-6-4-5-7-14(11)12/h4-8,13H,3,9H2,1-2H3. The highest BCUT2D eigenvalue weighted by atomic mass is 14.9. The number of hydrogen-bond acceptors (Lipinski definition) is 1. The average molecular weight is 188 g/mol. The van der Waals surface area contributed by atoms with E-state index in [2.05, 4.69) is 54.0 Å². The van der Waals surface area contributed by atoms with Crippen LogP contribution in [0.5, 0.6) is 0 Å². The third-order valence-electron chi connectivity index (χ3n) is 2.54. The molecule has 74 valence electrons. The molecule has 2 aromatic heterocycles. The Kier molecular flexibility index (Phi) is 2.55. The molecule has 0 bridgehead atoms. The van der Waals surface area contributed by atoms with Crippen molar-refractivity contribution >= 4 is 5.52 Å². The minimum atomic E-state index is 0.945. The molecule has 2 heteroatoms. The fourth-order valence-corrected chi connectivity index (χ4v) is 1.78. The lowest BCUT2D eigenvalue weighted by Gasteiger charge is -2.04. The van der Waals surface area contributed by atoms with Gasteiger partial charge in [-0.05, 0) is 37.2 Å². The fraction of sp³-hybridized carbons (Fsp3) is 0.333. The fourth-order valence-electron chi connectivity index (χ4n) is 1.78. The molecule has 0 amide bonds. The number of aryl methyl sites for hydroxylation is 1. The van der Waals surface area contributed by atoms with E-state index in [4.69, 9.17) is 0 Å². The van der Waals surface area contributed by atoms with Crippen molar-refractivity contribution in [2.24, 2.45) is 0 Å². The van der Waals surface area contributed by atoms with Gasteiger partial charge in [-0.2, -0.15) is 0 Å². The van der Waals surface area contributed by atoms with Crippen molar-refractivity contribution in [3.8, 4) is 0 Å². The lowest BCUT2D eigenvalue weighted by Crippen LogP contribution is -2.14. The van der Waals surface area contributed by atoms with E-state index >= 15 is 0 Å². The molecule has 0 saturated carbocycles. The summed E-state index contributed by atoms with van der Waals surface area (Å²) in [4.78, 5) is 0. The van der Waals surface area contributed by atoms with Crippen LogP contribution >= 0.6 is 0 Å². The number of nitrogens with one attached hydrogen (secondary N) is 1. The minimum Gasteiger partial charge on any atom is -0.319 e. The van der Waals surface area contributed by atoms with Gasteiger partial charge in [-0.15, -0.1) is 0 Å². The predicted octanol–water partition coefficient (Wildman–Crippen LogP) is 2.36. The van der Waals surface area contributed by atoms with Crippen molar-refractivity contribution in [2.45, 2.75) is 20.4 Å². The van der Waals surface area contributed by atoms with E-state index < -0.39 is 0 Å². The number of hydrogen-bond donors (Lipinski definition) is 1. The first-order valence-corrected chi connectivity index (χ1v) is 5.09. The van der Waals surface area contributed by atoms with Gasteiger partial charge in [-0.25, -0.2) is 0 Å². The van der Waals surface area contributed by atoms with Crippen molar-refractivity contribution in [2.75, 3.05) is 6.54 Å². The lowest BCUT2D eigenvalue weighted by atomic mass is 10.2. The lowest BCUT2D eigenvalue weighted by molar-refractivity contribution is 0.702. The van der Waals surface area contributed by atoms with Crippen molar-refractivity contribution in [1.82, 2.24) is 9.72 Å². The number of aromatic nitrogens is 1. The smallest absolute Gasteiger partial charge is 0.0456 e. The molecular formula is C12H16N2. The molecular weight excluding hydrogens is 172 g/mol. The molecule has 0 fully saturated rings. The molecule has 2 aromatic rings. The topological polar surface area (TPSA) is 16.4 Å². The second kappa shape index (κ2) is 3.84. The maximum atomic E-state index is 3.36. The molecule has 14 heavy (non-hydrogen) atoms. The van der Waals surface area contributed by atoms with E-state index in [0.717, 1.165) is 13.1 Å². The van der Waals surface area contributed by atoms with Crippen LogP contribution in [-0.2, 0) is 6.54 Å². The summed E-state index contributed by atoms with van der Waals surface area (Å²) >= 11 is 0. The molecule has 0 spiro atoms. The Labute approximate surface area is 84.6 Å². The van der Waals surface area contributed by atoms with Gasteiger partial charge in [0.25, 0.3) is 0 Å². The van der Waals surface area contributed by atoms with Gasteiger partial charge in [0, 0.05) is 24.0 Å². The van der Waals surface area contributed by atoms with E-state index in [9.17, 15) is 0 Å². The van der Waals surface area contributed by atoms with Crippen molar-refractivity contribution in [3.05, 3.63) is 41.7 Å². The Bertz CT molecular complexity index is 429. The number of pyridine rings is 1. The zero-order chi connectivity index (χ0) is 9.97. The van der Waals surface area contributed by atoms with Crippen LogP contribution in [0.3, 0.4) is 0 Å². The molecule has 0 atom stereocenters. The second-order valence-electron chi connectivity index (χ2n) is 3.55.